The molecule has 39 heavy (non-hydrogen) atoms. The summed E-state index contributed by atoms with van der Waals surface area (Å²) < 4.78 is 13.6. The fourth-order valence-electron chi connectivity index (χ4n) is 8.10. The predicted octanol–water partition coefficient (Wildman–Crippen LogP) is 7.91. The Balaban J connectivity index is 1.53. The molecule has 0 aromatic heterocycles. The molecule has 3 aliphatic rings. The van der Waals surface area contributed by atoms with Gasteiger partial charge in [-0.1, -0.05) is 81.7 Å². The van der Waals surface area contributed by atoms with Crippen LogP contribution < -0.4 is 5.32 Å². The number of fused-ring (bicyclic) bond motifs is 1. The van der Waals surface area contributed by atoms with Crippen LogP contribution in [0, 0.1) is 40.8 Å². The van der Waals surface area contributed by atoms with E-state index in [1.54, 1.807) is 6.07 Å². The van der Waals surface area contributed by atoms with Crippen molar-refractivity contribution < 1.29 is 9.50 Å². The fraction of sp³-hybridized carbons (Fsp3) is 0.500. The van der Waals surface area contributed by atoms with E-state index >= 15 is 0 Å². The molecule has 2 aromatic carbocycles. The molecule has 3 unspecified atom stereocenters. The topological polar surface area (TPSA) is 32.3 Å². The van der Waals surface area contributed by atoms with Crippen LogP contribution in [0.1, 0.15) is 88.3 Å². The van der Waals surface area contributed by atoms with Crippen LogP contribution in [0.4, 0.5) is 4.39 Å². The van der Waals surface area contributed by atoms with Gasteiger partial charge in [0.25, 0.3) is 0 Å². The second kappa shape index (κ2) is 12.2. The monoisotopic (exact) mass is 525 g/mol. The highest BCUT2D eigenvalue weighted by molar-refractivity contribution is 5.59. The average molecular weight is 526 g/mol. The first-order valence-corrected chi connectivity index (χ1v) is 15.1. The zero-order chi connectivity index (χ0) is 27.4. The maximum Gasteiger partial charge on any atom is 0.124 e. The Bertz CT molecular complexity index is 1250. The van der Waals surface area contributed by atoms with Gasteiger partial charge in [-0.25, -0.2) is 4.39 Å². The first-order valence-electron chi connectivity index (χ1n) is 15.1. The molecule has 206 valence electrons. The van der Waals surface area contributed by atoms with Crippen molar-refractivity contribution >= 4 is 6.08 Å². The van der Waals surface area contributed by atoms with Crippen LogP contribution in [-0.2, 0) is 0 Å². The number of aliphatic hydroxyl groups excluding tert-OH is 1. The summed E-state index contributed by atoms with van der Waals surface area (Å²) in [6.45, 7) is 8.91. The van der Waals surface area contributed by atoms with Crippen LogP contribution in [0.25, 0.3) is 6.08 Å². The summed E-state index contributed by atoms with van der Waals surface area (Å²) in [6.07, 6.45) is 14.6. The first kappa shape index (κ1) is 27.9. The first-order chi connectivity index (χ1) is 18.9. The molecule has 0 radical (unpaired) electrons. The number of benzene rings is 2. The van der Waals surface area contributed by atoms with Gasteiger partial charge in [-0.15, -0.1) is 6.58 Å². The van der Waals surface area contributed by atoms with E-state index in [1.807, 2.05) is 18.2 Å². The molecule has 5 rings (SSSR count). The van der Waals surface area contributed by atoms with E-state index in [0.717, 1.165) is 30.4 Å². The molecule has 2 nitrogen and oxygen atoms in total. The number of hydrogen-bond donors (Lipinski definition) is 2. The molecule has 0 heterocycles. The molecule has 2 N–H and O–H groups in total. The molecule has 0 saturated heterocycles. The average Bonchev–Trinajstić information content (AvgIpc) is 2.94. The van der Waals surface area contributed by atoms with Gasteiger partial charge >= 0.3 is 0 Å². The SMILES string of the molecule is C=CC[C@]12C(CCC[C@@H]1O)C(C)C(NC1CCCCC1)C(=Cc1cccc(C#Cc3cccc(F)c3)c1)[C@@H]2C. The summed E-state index contributed by atoms with van der Waals surface area (Å²) in [4.78, 5) is 0. The summed E-state index contributed by atoms with van der Waals surface area (Å²) in [5.41, 5.74) is 3.95. The molecule has 0 amide bonds. The summed E-state index contributed by atoms with van der Waals surface area (Å²) in [6, 6.07) is 15.6. The van der Waals surface area contributed by atoms with Gasteiger partial charge in [0.15, 0.2) is 0 Å². The molecule has 0 aliphatic heterocycles. The predicted molar refractivity (Wildman–Crippen MR) is 160 cm³/mol. The van der Waals surface area contributed by atoms with Crippen molar-refractivity contribution in [2.24, 2.45) is 23.2 Å². The molecule has 2 aromatic rings. The van der Waals surface area contributed by atoms with Gasteiger partial charge in [0.1, 0.15) is 5.82 Å². The Morgan fingerprint density at radius 3 is 2.41 bits per heavy atom. The maximum absolute atomic E-state index is 13.6. The molecule has 6 atom stereocenters. The summed E-state index contributed by atoms with van der Waals surface area (Å²) in [5, 5.41) is 15.7. The van der Waals surface area contributed by atoms with Crippen molar-refractivity contribution in [2.45, 2.75) is 89.8 Å². The lowest BCUT2D eigenvalue weighted by Crippen LogP contribution is -2.61. The smallest absolute Gasteiger partial charge is 0.124 e. The van der Waals surface area contributed by atoms with E-state index in [-0.39, 0.29) is 23.3 Å². The largest absolute Gasteiger partial charge is 0.393 e. The van der Waals surface area contributed by atoms with E-state index in [1.165, 1.54) is 56.2 Å². The zero-order valence-electron chi connectivity index (χ0n) is 23.6. The molecule has 3 fully saturated rings. The second-order valence-corrected chi connectivity index (χ2v) is 12.2. The standard InChI is InChI=1S/C36H44FNO/c1-4-21-36-26(3)32(24-29-13-8-11-27(22-29)19-20-28-12-9-14-30(37)23-28)35(38-31-15-6-5-7-16-31)25(2)33(36)17-10-18-34(36)39/h4,8-9,11-14,22-26,31,33-35,38-39H,1,5-7,10,15-18,21H2,2-3H3/t25?,26-,33?,34-,35?,36-/m0/s1. The molecule has 0 bridgehead atoms. The van der Waals surface area contributed by atoms with Gasteiger partial charge in [-0.2, -0.15) is 0 Å². The van der Waals surface area contributed by atoms with Gasteiger partial charge in [-0.3, -0.25) is 0 Å². The Morgan fingerprint density at radius 2 is 1.69 bits per heavy atom. The van der Waals surface area contributed by atoms with Crippen molar-refractivity contribution in [1.29, 1.82) is 0 Å². The fourth-order valence-corrected chi connectivity index (χ4v) is 8.10. The Kier molecular flexibility index (Phi) is 8.75. The zero-order valence-corrected chi connectivity index (χ0v) is 23.6. The molecular formula is C36H44FNO. The van der Waals surface area contributed by atoms with Crippen molar-refractivity contribution in [2.75, 3.05) is 0 Å². The minimum Gasteiger partial charge on any atom is -0.393 e. The number of nitrogens with one attached hydrogen (secondary N) is 1. The molecule has 3 heteroatoms. The van der Waals surface area contributed by atoms with E-state index in [0.29, 0.717) is 29.5 Å². The highest BCUT2D eigenvalue weighted by atomic mass is 19.1. The lowest BCUT2D eigenvalue weighted by Gasteiger charge is -2.60. The van der Waals surface area contributed by atoms with Crippen molar-refractivity contribution in [3.05, 3.63) is 89.3 Å². The number of aliphatic hydroxyl groups is 1. The van der Waals surface area contributed by atoms with Gasteiger partial charge in [-0.05, 0) is 91.3 Å². The maximum atomic E-state index is 13.6. The Labute approximate surface area is 234 Å². The van der Waals surface area contributed by atoms with Crippen molar-refractivity contribution in [3.63, 3.8) is 0 Å². The minimum atomic E-state index is -0.311. The summed E-state index contributed by atoms with van der Waals surface area (Å²) in [7, 11) is 0. The summed E-state index contributed by atoms with van der Waals surface area (Å²) >= 11 is 0. The Morgan fingerprint density at radius 1 is 0.974 bits per heavy atom. The minimum absolute atomic E-state index is 0.176. The van der Waals surface area contributed by atoms with E-state index in [4.69, 9.17) is 0 Å². The third-order valence-electron chi connectivity index (χ3n) is 10.0. The van der Waals surface area contributed by atoms with Crippen LogP contribution in [0.15, 0.2) is 66.8 Å². The molecule has 0 spiro atoms. The highest BCUT2D eigenvalue weighted by Crippen LogP contribution is 2.59. The lowest BCUT2D eigenvalue weighted by atomic mass is 9.47. The third-order valence-corrected chi connectivity index (χ3v) is 10.0. The van der Waals surface area contributed by atoms with E-state index in [2.05, 4.69) is 61.9 Å². The van der Waals surface area contributed by atoms with Crippen LogP contribution in [-0.4, -0.2) is 23.3 Å². The van der Waals surface area contributed by atoms with Crippen LogP contribution in [0.5, 0.6) is 0 Å². The highest BCUT2D eigenvalue weighted by Gasteiger charge is 2.57. The van der Waals surface area contributed by atoms with Crippen LogP contribution >= 0.6 is 0 Å². The van der Waals surface area contributed by atoms with Gasteiger partial charge in [0, 0.05) is 28.6 Å². The van der Waals surface area contributed by atoms with Crippen LogP contribution in [0.2, 0.25) is 0 Å². The van der Waals surface area contributed by atoms with Crippen molar-refractivity contribution in [1.82, 2.24) is 5.32 Å². The number of halogens is 1. The van der Waals surface area contributed by atoms with Gasteiger partial charge in [0.05, 0.1) is 6.10 Å². The van der Waals surface area contributed by atoms with Crippen LogP contribution in [0.3, 0.4) is 0 Å². The van der Waals surface area contributed by atoms with Crippen molar-refractivity contribution in [3.8, 4) is 11.8 Å². The van der Waals surface area contributed by atoms with E-state index in [9.17, 15) is 9.50 Å². The normalized spacial score (nSPS) is 32.2. The number of rotatable bonds is 5. The lowest BCUT2D eigenvalue weighted by molar-refractivity contribution is -0.117. The quantitative estimate of drug-likeness (QED) is 0.307. The Hall–Kier alpha value is -2.67. The second-order valence-electron chi connectivity index (χ2n) is 12.2. The third kappa shape index (κ3) is 5.79. The van der Waals surface area contributed by atoms with Gasteiger partial charge < -0.3 is 10.4 Å². The molecule has 3 saturated carbocycles. The molecular weight excluding hydrogens is 481 g/mol. The van der Waals surface area contributed by atoms with Gasteiger partial charge in [0.2, 0.25) is 0 Å². The van der Waals surface area contributed by atoms with E-state index < -0.39 is 0 Å². The number of hydrogen-bond acceptors (Lipinski definition) is 2. The molecule has 3 aliphatic carbocycles. The summed E-state index contributed by atoms with van der Waals surface area (Å²) in [5.74, 6) is 7.20. The number of allylic oxidation sites excluding steroid dienone is 1.